The van der Waals surface area contributed by atoms with Gasteiger partial charge in [-0.3, -0.25) is 4.79 Å². The van der Waals surface area contributed by atoms with Crippen LogP contribution >= 0.6 is 0 Å². The summed E-state index contributed by atoms with van der Waals surface area (Å²) in [6.07, 6.45) is -4.46. The zero-order chi connectivity index (χ0) is 12.5. The van der Waals surface area contributed by atoms with Crippen LogP contribution in [0.5, 0.6) is 5.75 Å². The highest BCUT2D eigenvalue weighted by Crippen LogP contribution is 2.41. The smallest absolute Gasteiger partial charge is 0.420 e. The van der Waals surface area contributed by atoms with E-state index in [9.17, 15) is 23.1 Å². The van der Waals surface area contributed by atoms with Crippen LogP contribution in [-0.2, 0) is 6.18 Å². The van der Waals surface area contributed by atoms with E-state index in [0.29, 0.717) is 0 Å². The van der Waals surface area contributed by atoms with E-state index in [1.54, 1.807) is 13.8 Å². The van der Waals surface area contributed by atoms with E-state index in [0.717, 1.165) is 0 Å². The van der Waals surface area contributed by atoms with E-state index in [4.69, 9.17) is 0 Å². The first-order valence-electron chi connectivity index (χ1n) is 4.67. The molecule has 0 aromatic heterocycles. The van der Waals surface area contributed by atoms with Gasteiger partial charge in [0.2, 0.25) is 0 Å². The fourth-order valence-electron chi connectivity index (χ4n) is 1.50. The normalized spacial score (nSPS) is 11.9. The standard InChI is InChI=1S/C11H11F3O2/c1-6(2)8-4-3-7(5-15)10(16)9(8)11(12,13)14/h3-6,16H,1-2H3. The summed E-state index contributed by atoms with van der Waals surface area (Å²) in [4.78, 5) is 10.5. The van der Waals surface area contributed by atoms with Crippen LogP contribution in [0.1, 0.15) is 41.3 Å². The first kappa shape index (κ1) is 12.5. The molecule has 0 heterocycles. The first-order valence-corrected chi connectivity index (χ1v) is 4.67. The van der Waals surface area contributed by atoms with E-state index >= 15 is 0 Å². The number of carbonyl (C=O) groups excluding carboxylic acids is 1. The van der Waals surface area contributed by atoms with Crippen LogP contribution in [0, 0.1) is 0 Å². The number of hydrogen-bond acceptors (Lipinski definition) is 2. The fourth-order valence-corrected chi connectivity index (χ4v) is 1.50. The van der Waals surface area contributed by atoms with Gasteiger partial charge in [0.05, 0.1) is 5.56 Å². The summed E-state index contributed by atoms with van der Waals surface area (Å²) in [5, 5.41) is 9.40. The molecule has 0 aliphatic carbocycles. The van der Waals surface area contributed by atoms with Crippen LogP contribution in [0.4, 0.5) is 13.2 Å². The van der Waals surface area contributed by atoms with E-state index < -0.39 is 17.5 Å². The lowest BCUT2D eigenvalue weighted by atomic mass is 9.94. The summed E-state index contributed by atoms with van der Waals surface area (Å²) < 4.78 is 38.1. The van der Waals surface area contributed by atoms with Crippen molar-refractivity contribution in [2.24, 2.45) is 0 Å². The molecule has 16 heavy (non-hydrogen) atoms. The Balaban J connectivity index is 3.56. The fraction of sp³-hybridized carbons (Fsp3) is 0.364. The van der Waals surface area contributed by atoms with Crippen molar-refractivity contribution < 1.29 is 23.1 Å². The Morgan fingerprint density at radius 1 is 1.31 bits per heavy atom. The summed E-state index contributed by atoms with van der Waals surface area (Å²) in [7, 11) is 0. The Kier molecular flexibility index (Phi) is 3.26. The zero-order valence-electron chi connectivity index (χ0n) is 8.80. The van der Waals surface area contributed by atoms with Gasteiger partial charge >= 0.3 is 6.18 Å². The molecule has 88 valence electrons. The number of phenolic OH excluding ortho intramolecular Hbond substituents is 1. The molecule has 0 radical (unpaired) electrons. The third-order valence-electron chi connectivity index (χ3n) is 2.27. The second-order valence-corrected chi connectivity index (χ2v) is 3.74. The third kappa shape index (κ3) is 2.18. The Bertz CT molecular complexity index is 408. The average molecular weight is 232 g/mol. The number of hydrogen-bond donors (Lipinski definition) is 1. The van der Waals surface area contributed by atoms with Crippen molar-refractivity contribution in [2.45, 2.75) is 25.9 Å². The monoisotopic (exact) mass is 232 g/mol. The lowest BCUT2D eigenvalue weighted by Crippen LogP contribution is -2.11. The second kappa shape index (κ2) is 4.15. The van der Waals surface area contributed by atoms with Gasteiger partial charge in [0.15, 0.2) is 6.29 Å². The number of rotatable bonds is 2. The van der Waals surface area contributed by atoms with Crippen molar-refractivity contribution >= 4 is 6.29 Å². The number of phenols is 1. The van der Waals surface area contributed by atoms with E-state index in [1.165, 1.54) is 12.1 Å². The molecule has 0 spiro atoms. The van der Waals surface area contributed by atoms with Crippen molar-refractivity contribution in [1.29, 1.82) is 0 Å². The highest BCUT2D eigenvalue weighted by Gasteiger charge is 2.38. The lowest BCUT2D eigenvalue weighted by molar-refractivity contribution is -0.139. The maximum Gasteiger partial charge on any atom is 0.420 e. The average Bonchev–Trinajstić information content (AvgIpc) is 2.14. The molecule has 0 saturated heterocycles. The van der Waals surface area contributed by atoms with Crippen LogP contribution < -0.4 is 0 Å². The van der Waals surface area contributed by atoms with Crippen LogP contribution in [-0.4, -0.2) is 11.4 Å². The van der Waals surface area contributed by atoms with Crippen LogP contribution in [0.3, 0.4) is 0 Å². The SMILES string of the molecule is CC(C)c1ccc(C=O)c(O)c1C(F)(F)F. The minimum atomic E-state index is -4.66. The number of alkyl halides is 3. The number of halogens is 3. The molecule has 0 atom stereocenters. The molecule has 0 aliphatic rings. The molecule has 0 amide bonds. The molecule has 0 fully saturated rings. The van der Waals surface area contributed by atoms with Crippen molar-refractivity contribution in [3.8, 4) is 5.75 Å². The Hall–Kier alpha value is -1.52. The summed E-state index contributed by atoms with van der Waals surface area (Å²) in [6.45, 7) is 3.18. The van der Waals surface area contributed by atoms with Crippen LogP contribution in [0.2, 0.25) is 0 Å². The topological polar surface area (TPSA) is 37.3 Å². The summed E-state index contributed by atoms with van der Waals surface area (Å²) in [6, 6.07) is 2.41. The molecule has 0 aliphatic heterocycles. The molecular weight excluding hydrogens is 221 g/mol. The van der Waals surface area contributed by atoms with Gasteiger partial charge in [0.1, 0.15) is 11.3 Å². The maximum atomic E-state index is 12.7. The maximum absolute atomic E-state index is 12.7. The quantitative estimate of drug-likeness (QED) is 0.794. The zero-order valence-corrected chi connectivity index (χ0v) is 8.80. The van der Waals surface area contributed by atoms with Crippen LogP contribution in [0.25, 0.3) is 0 Å². The number of aldehydes is 1. The predicted molar refractivity (Wildman–Crippen MR) is 52.6 cm³/mol. The molecular formula is C11H11F3O2. The third-order valence-corrected chi connectivity index (χ3v) is 2.27. The minimum Gasteiger partial charge on any atom is -0.507 e. The van der Waals surface area contributed by atoms with E-state index in [1.807, 2.05) is 0 Å². The van der Waals surface area contributed by atoms with Crippen molar-refractivity contribution in [1.82, 2.24) is 0 Å². The van der Waals surface area contributed by atoms with Crippen LogP contribution in [0.15, 0.2) is 12.1 Å². The molecule has 0 saturated carbocycles. The molecule has 0 unspecified atom stereocenters. The van der Waals surface area contributed by atoms with Gasteiger partial charge in [0, 0.05) is 0 Å². The summed E-state index contributed by atoms with van der Waals surface area (Å²) in [5.74, 6) is -1.38. The Labute approximate surface area is 90.7 Å². The van der Waals surface area contributed by atoms with Gasteiger partial charge in [-0.25, -0.2) is 0 Å². The van der Waals surface area contributed by atoms with Gasteiger partial charge in [-0.15, -0.1) is 0 Å². The molecule has 2 nitrogen and oxygen atoms in total. The van der Waals surface area contributed by atoms with Gasteiger partial charge in [-0.05, 0) is 17.5 Å². The largest absolute Gasteiger partial charge is 0.507 e. The first-order chi connectivity index (χ1) is 7.29. The van der Waals surface area contributed by atoms with Crippen molar-refractivity contribution in [3.63, 3.8) is 0 Å². The van der Waals surface area contributed by atoms with Gasteiger partial charge in [0.25, 0.3) is 0 Å². The Morgan fingerprint density at radius 2 is 1.88 bits per heavy atom. The minimum absolute atomic E-state index is 0.0180. The molecule has 1 N–H and O–H groups in total. The number of carbonyl (C=O) groups is 1. The van der Waals surface area contributed by atoms with E-state index in [-0.39, 0.29) is 23.3 Å². The van der Waals surface area contributed by atoms with Gasteiger partial charge in [-0.2, -0.15) is 13.2 Å². The number of aromatic hydroxyl groups is 1. The summed E-state index contributed by atoms with van der Waals surface area (Å²) in [5.41, 5.74) is -1.49. The predicted octanol–water partition coefficient (Wildman–Crippen LogP) is 3.35. The second-order valence-electron chi connectivity index (χ2n) is 3.74. The van der Waals surface area contributed by atoms with Gasteiger partial charge in [-0.1, -0.05) is 19.9 Å². The number of benzene rings is 1. The Morgan fingerprint density at radius 3 is 2.25 bits per heavy atom. The molecule has 1 rings (SSSR count). The highest BCUT2D eigenvalue weighted by molar-refractivity contribution is 5.80. The van der Waals surface area contributed by atoms with Crippen molar-refractivity contribution in [3.05, 3.63) is 28.8 Å². The van der Waals surface area contributed by atoms with Crippen molar-refractivity contribution in [2.75, 3.05) is 0 Å². The molecule has 1 aromatic carbocycles. The molecule has 1 aromatic rings. The highest BCUT2D eigenvalue weighted by atomic mass is 19.4. The summed E-state index contributed by atoms with van der Waals surface area (Å²) >= 11 is 0. The van der Waals surface area contributed by atoms with Gasteiger partial charge < -0.3 is 5.11 Å². The molecule has 5 heteroatoms. The molecule has 0 bridgehead atoms. The lowest BCUT2D eigenvalue weighted by Gasteiger charge is -2.17. The van der Waals surface area contributed by atoms with E-state index in [2.05, 4.69) is 0 Å².